The molecule has 4 unspecified atom stereocenters. The minimum atomic E-state index is 0.214. The molecule has 208 valence electrons. The number of amides is 1. The molecule has 0 radical (unpaired) electrons. The molecular formula is C34H46N4O. The number of carbonyl (C=O) groups is 1. The van der Waals surface area contributed by atoms with Gasteiger partial charge in [-0.1, -0.05) is 62.7 Å². The third kappa shape index (κ3) is 4.92. The molecule has 2 aliphatic heterocycles. The second-order valence-electron chi connectivity index (χ2n) is 12.6. The maximum Gasteiger partial charge on any atom is 0.225 e. The summed E-state index contributed by atoms with van der Waals surface area (Å²) in [6.45, 7) is 9.39. The monoisotopic (exact) mass is 526 g/mol. The Morgan fingerprint density at radius 2 is 1.74 bits per heavy atom. The predicted molar refractivity (Wildman–Crippen MR) is 159 cm³/mol. The van der Waals surface area contributed by atoms with Crippen LogP contribution in [0.15, 0.2) is 54.6 Å². The number of H-pyrrole nitrogens is 1. The highest BCUT2D eigenvalue weighted by Gasteiger charge is 2.76. The number of aromatic nitrogens is 2. The molecule has 3 aromatic rings. The maximum absolute atomic E-state index is 12.9. The number of aryl methyl sites for hydroxylation is 1. The van der Waals surface area contributed by atoms with Gasteiger partial charge in [0.15, 0.2) is 0 Å². The molecule has 2 saturated heterocycles. The van der Waals surface area contributed by atoms with Gasteiger partial charge in [-0.15, -0.1) is 0 Å². The van der Waals surface area contributed by atoms with Gasteiger partial charge in [-0.3, -0.25) is 9.69 Å². The van der Waals surface area contributed by atoms with Crippen LogP contribution in [0.25, 0.3) is 11.0 Å². The molecule has 2 aromatic carbocycles. The highest BCUT2D eigenvalue weighted by molar-refractivity contribution is 5.79. The number of fused-ring (bicyclic) bond motifs is 1. The molecule has 1 N–H and O–H groups in total. The van der Waals surface area contributed by atoms with Crippen molar-refractivity contribution < 1.29 is 4.79 Å². The third-order valence-electron chi connectivity index (χ3n) is 10.7. The van der Waals surface area contributed by atoms with E-state index in [9.17, 15) is 4.79 Å². The first-order chi connectivity index (χ1) is 19.0. The number of nitrogens with one attached hydrogen (secondary N) is 1. The van der Waals surface area contributed by atoms with Crippen molar-refractivity contribution >= 4 is 16.9 Å². The van der Waals surface area contributed by atoms with Crippen molar-refractivity contribution in [3.63, 3.8) is 0 Å². The van der Waals surface area contributed by atoms with Crippen molar-refractivity contribution in [2.75, 3.05) is 19.6 Å². The van der Waals surface area contributed by atoms with Crippen molar-refractivity contribution in [3.8, 4) is 0 Å². The van der Waals surface area contributed by atoms with Crippen molar-refractivity contribution in [3.05, 3.63) is 66.0 Å². The van der Waals surface area contributed by atoms with E-state index in [0.29, 0.717) is 11.4 Å². The summed E-state index contributed by atoms with van der Waals surface area (Å²) in [5.41, 5.74) is 4.56. The summed E-state index contributed by atoms with van der Waals surface area (Å²) >= 11 is 0. The lowest BCUT2D eigenvalue weighted by Gasteiger charge is -2.43. The molecule has 4 aliphatic rings. The summed E-state index contributed by atoms with van der Waals surface area (Å²) < 4.78 is 0. The molecule has 5 nitrogen and oxygen atoms in total. The van der Waals surface area contributed by atoms with Gasteiger partial charge in [0.05, 0.1) is 11.0 Å². The van der Waals surface area contributed by atoms with Crippen LogP contribution in [-0.4, -0.2) is 56.9 Å². The van der Waals surface area contributed by atoms with Crippen LogP contribution in [0.1, 0.15) is 83.0 Å². The minimum absolute atomic E-state index is 0.214. The number of carbonyl (C=O) groups excluding carboxylic acids is 1. The Kier molecular flexibility index (Phi) is 7.30. The van der Waals surface area contributed by atoms with Crippen LogP contribution in [0.4, 0.5) is 0 Å². The number of rotatable bonds is 7. The first-order valence-electron chi connectivity index (χ1n) is 15.5. The van der Waals surface area contributed by atoms with Gasteiger partial charge in [-0.2, -0.15) is 0 Å². The van der Waals surface area contributed by atoms with E-state index in [1.807, 2.05) is 31.2 Å². The lowest BCUT2D eigenvalue weighted by atomic mass is 9.70. The van der Waals surface area contributed by atoms with Crippen molar-refractivity contribution in [2.24, 2.45) is 11.8 Å². The fourth-order valence-corrected chi connectivity index (χ4v) is 8.19. The number of benzene rings is 2. The van der Waals surface area contributed by atoms with Gasteiger partial charge in [0.25, 0.3) is 0 Å². The Morgan fingerprint density at radius 3 is 2.44 bits per heavy atom. The molecule has 39 heavy (non-hydrogen) atoms. The zero-order valence-electron chi connectivity index (χ0n) is 24.2. The fourth-order valence-electron chi connectivity index (χ4n) is 8.19. The first kappa shape index (κ1) is 26.6. The minimum Gasteiger partial charge on any atom is -0.342 e. The number of likely N-dealkylation sites (tertiary alicyclic amines) is 2. The summed E-state index contributed by atoms with van der Waals surface area (Å²) in [6, 6.07) is 20.1. The van der Waals surface area contributed by atoms with Gasteiger partial charge < -0.3 is 9.88 Å². The van der Waals surface area contributed by atoms with Gasteiger partial charge in [-0.05, 0) is 93.9 Å². The summed E-state index contributed by atoms with van der Waals surface area (Å²) in [4.78, 5) is 25.4. The van der Waals surface area contributed by atoms with Gasteiger partial charge in [0, 0.05) is 30.6 Å². The normalized spacial score (nSPS) is 28.3. The lowest BCUT2D eigenvalue weighted by Crippen LogP contribution is -2.47. The Labute approximate surface area is 234 Å². The van der Waals surface area contributed by atoms with Gasteiger partial charge in [0.1, 0.15) is 5.82 Å². The highest BCUT2D eigenvalue weighted by atomic mass is 16.2. The summed E-state index contributed by atoms with van der Waals surface area (Å²) in [5, 5.41) is 0. The van der Waals surface area contributed by atoms with Crippen LogP contribution >= 0.6 is 0 Å². The third-order valence-corrected chi connectivity index (χ3v) is 10.7. The number of hydrogen-bond donors (Lipinski definition) is 1. The van der Waals surface area contributed by atoms with Crippen LogP contribution in [-0.2, 0) is 10.2 Å². The topological polar surface area (TPSA) is 52.0 Å². The smallest absolute Gasteiger partial charge is 0.225 e. The van der Waals surface area contributed by atoms with Crippen molar-refractivity contribution in [1.29, 1.82) is 0 Å². The van der Waals surface area contributed by atoms with Crippen molar-refractivity contribution in [1.82, 2.24) is 19.8 Å². The Bertz CT molecular complexity index is 1240. The van der Waals surface area contributed by atoms with E-state index in [0.717, 1.165) is 67.6 Å². The maximum atomic E-state index is 12.9. The van der Waals surface area contributed by atoms with E-state index in [4.69, 9.17) is 0 Å². The number of para-hydroxylation sites is 2. The van der Waals surface area contributed by atoms with E-state index >= 15 is 0 Å². The Balaban J connectivity index is 0.000000231. The Hall–Kier alpha value is -2.66. The lowest BCUT2D eigenvalue weighted by molar-refractivity contribution is -0.137. The molecule has 4 atom stereocenters. The summed E-state index contributed by atoms with van der Waals surface area (Å²) in [5.74, 6) is 2.61. The highest BCUT2D eigenvalue weighted by Crippen LogP contribution is 2.70. The van der Waals surface area contributed by atoms with E-state index in [1.54, 1.807) is 0 Å². The van der Waals surface area contributed by atoms with Crippen LogP contribution < -0.4 is 0 Å². The number of imidazole rings is 1. The molecular weight excluding hydrogens is 480 g/mol. The number of hydrogen-bond acceptors (Lipinski definition) is 3. The zero-order chi connectivity index (χ0) is 27.0. The van der Waals surface area contributed by atoms with Gasteiger partial charge >= 0.3 is 0 Å². The quantitative estimate of drug-likeness (QED) is 0.342. The van der Waals surface area contributed by atoms with Crippen LogP contribution in [0.3, 0.4) is 0 Å². The molecule has 5 heteroatoms. The Morgan fingerprint density at radius 1 is 1.03 bits per heavy atom. The van der Waals surface area contributed by atoms with Crippen molar-refractivity contribution in [2.45, 2.75) is 95.6 Å². The van der Waals surface area contributed by atoms with E-state index in [-0.39, 0.29) is 11.3 Å². The first-order valence-corrected chi connectivity index (χ1v) is 15.5. The standard InChI is InChI=1S/C26H38N2O.C8H8N2/c1-3-20(4-2)24(29)27-16-13-25(14-17-27,21-9-6-5-7-10-21)15-18-28-23-12-8-11-22-19-26(22,23)28;1-6-9-7-4-2-3-5-8(7)10-6/h5-7,9-10,20,22-23H,3-4,8,11-19H2,1-2H3;2-5H,1H3,(H,9,10). The summed E-state index contributed by atoms with van der Waals surface area (Å²) in [7, 11) is 0. The van der Waals surface area contributed by atoms with Crippen LogP contribution in [0.5, 0.6) is 0 Å². The molecule has 1 aromatic heterocycles. The summed E-state index contributed by atoms with van der Waals surface area (Å²) in [6.07, 6.45) is 11.3. The predicted octanol–water partition coefficient (Wildman–Crippen LogP) is 6.87. The number of nitrogens with zero attached hydrogens (tertiary/aromatic N) is 3. The van der Waals surface area contributed by atoms with E-state index in [2.05, 4.69) is 63.9 Å². The fraction of sp³-hybridized carbons (Fsp3) is 0.588. The van der Waals surface area contributed by atoms with E-state index < -0.39 is 0 Å². The molecule has 2 saturated carbocycles. The number of piperidine rings is 1. The molecule has 2 aliphatic carbocycles. The molecule has 1 spiro atoms. The average Bonchev–Trinajstić information content (AvgIpc) is 3.82. The van der Waals surface area contributed by atoms with E-state index in [1.165, 1.54) is 44.2 Å². The largest absolute Gasteiger partial charge is 0.342 e. The molecule has 1 amide bonds. The van der Waals surface area contributed by atoms with Crippen LogP contribution in [0.2, 0.25) is 0 Å². The molecule has 0 bridgehead atoms. The SMILES string of the molecule is CCC(CC)C(=O)N1CCC(CCN2C3CCCC4CC432)(c2ccccc2)CC1.Cc1nc2ccccc2[nH]1. The zero-order valence-corrected chi connectivity index (χ0v) is 24.2. The van der Waals surface area contributed by atoms with Crippen LogP contribution in [0, 0.1) is 18.8 Å². The second kappa shape index (κ2) is 10.7. The average molecular weight is 527 g/mol. The molecule has 3 heterocycles. The van der Waals surface area contributed by atoms with Gasteiger partial charge in [-0.25, -0.2) is 4.98 Å². The van der Waals surface area contributed by atoms with Gasteiger partial charge in [0.2, 0.25) is 5.91 Å². The second-order valence-corrected chi connectivity index (χ2v) is 12.6. The molecule has 7 rings (SSSR count). The molecule has 4 fully saturated rings. The number of aromatic amines is 1.